The Labute approximate surface area is 460 Å². The Morgan fingerprint density at radius 3 is 2.30 bits per heavy atom. The molecule has 21 nitrogen and oxygen atoms in total. The number of fused-ring (bicyclic) bond motifs is 1. The molecule has 2 aromatic carbocycles. The van der Waals surface area contributed by atoms with Crippen molar-refractivity contribution in [1.29, 1.82) is 0 Å². The molecule has 4 aromatic heterocycles. The lowest BCUT2D eigenvalue weighted by molar-refractivity contribution is -0.144. The summed E-state index contributed by atoms with van der Waals surface area (Å²) in [5.74, 6) is -1.92. The fraction of sp³-hybridized carbons (Fsp3) is 0.464. The van der Waals surface area contributed by atoms with Gasteiger partial charge in [-0.05, 0) is 67.3 Å². The minimum Gasteiger partial charge on any atom is -0.391 e. The molecular weight excluding hydrogens is 1030 g/mol. The zero-order chi connectivity index (χ0) is 55.5. The Hall–Kier alpha value is -7.63. The number of thiazole rings is 1. The average molecular weight is 1100 g/mol. The molecule has 3 aliphatic heterocycles. The number of hydrogen-bond acceptors (Lipinski definition) is 14. The Kier molecular flexibility index (Phi) is 16.2. The summed E-state index contributed by atoms with van der Waals surface area (Å²) in [5, 5.41) is 29.4. The lowest BCUT2D eigenvalue weighted by atomic mass is 9.85. The van der Waals surface area contributed by atoms with E-state index in [2.05, 4.69) is 41.4 Å². The highest BCUT2D eigenvalue weighted by atomic mass is 32.1. The quantitative estimate of drug-likeness (QED) is 0.0721. The molecule has 7 heterocycles. The van der Waals surface area contributed by atoms with Crippen molar-refractivity contribution in [2.45, 2.75) is 109 Å². The number of carbonyl (C=O) groups is 6. The van der Waals surface area contributed by atoms with Crippen molar-refractivity contribution < 1.29 is 38.3 Å². The van der Waals surface area contributed by atoms with E-state index < -0.39 is 47.1 Å². The van der Waals surface area contributed by atoms with Crippen LogP contribution in [0.3, 0.4) is 0 Å². The molecule has 0 spiro atoms. The maximum atomic E-state index is 15.7. The maximum Gasteiger partial charge on any atom is 0.254 e. The molecule has 6 aromatic rings. The molecule has 4 fully saturated rings. The number of piperidine rings is 1. The molecule has 6 N–H and O–H groups in total. The van der Waals surface area contributed by atoms with Gasteiger partial charge >= 0.3 is 0 Å². The van der Waals surface area contributed by atoms with E-state index in [1.54, 1.807) is 78.1 Å². The van der Waals surface area contributed by atoms with Crippen molar-refractivity contribution in [1.82, 2.24) is 65.1 Å². The highest BCUT2D eigenvalue weighted by molar-refractivity contribution is 7.13. The number of aromatic amines is 1. The van der Waals surface area contributed by atoms with E-state index in [1.165, 1.54) is 11.0 Å². The number of nitrogens with zero attached hydrogens (tertiary/aromatic N) is 9. The summed E-state index contributed by atoms with van der Waals surface area (Å²) in [6.45, 7) is 10.3. The fourth-order valence-corrected chi connectivity index (χ4v) is 11.4. The Morgan fingerprint density at radius 2 is 1.63 bits per heavy atom. The zero-order valence-electron chi connectivity index (χ0n) is 44.8. The monoisotopic (exact) mass is 1100 g/mol. The molecule has 0 radical (unpaired) electrons. The van der Waals surface area contributed by atoms with E-state index in [0.717, 1.165) is 51.5 Å². The van der Waals surface area contributed by atoms with Crippen LogP contribution in [0.5, 0.6) is 0 Å². The van der Waals surface area contributed by atoms with Crippen LogP contribution >= 0.6 is 11.3 Å². The van der Waals surface area contributed by atoms with Gasteiger partial charge in [0.1, 0.15) is 17.9 Å². The summed E-state index contributed by atoms with van der Waals surface area (Å²) >= 11 is 1.56. The first kappa shape index (κ1) is 54.7. The van der Waals surface area contributed by atoms with Crippen molar-refractivity contribution >= 4 is 63.9 Å². The van der Waals surface area contributed by atoms with Crippen molar-refractivity contribution in [3.8, 4) is 21.7 Å². The number of hydrogen-bond donors (Lipinski definition) is 6. The third kappa shape index (κ3) is 12.8. The molecule has 23 heteroatoms. The van der Waals surface area contributed by atoms with E-state index in [1.807, 2.05) is 46.7 Å². The number of rotatable bonds is 17. The van der Waals surface area contributed by atoms with Gasteiger partial charge in [0.25, 0.3) is 5.91 Å². The number of carbonyl (C=O) groups excluding carboxylic acids is 6. The lowest BCUT2D eigenvalue weighted by Gasteiger charge is -2.37. The number of benzene rings is 2. The molecule has 416 valence electrons. The summed E-state index contributed by atoms with van der Waals surface area (Å²) in [6, 6.07) is 10.0. The predicted molar refractivity (Wildman–Crippen MR) is 293 cm³/mol. The number of β-amino-alcohol motifs (C(OH)–C–C–N with tert-alkyl or cyclic N) is 1. The molecule has 3 saturated heterocycles. The number of aryl methyl sites for hydroxylation is 1. The largest absolute Gasteiger partial charge is 0.391 e. The Balaban J connectivity index is 0.636. The Morgan fingerprint density at radius 1 is 0.886 bits per heavy atom. The maximum absolute atomic E-state index is 15.7. The van der Waals surface area contributed by atoms with E-state index >= 15 is 4.39 Å². The number of imidazole rings is 1. The third-order valence-corrected chi connectivity index (χ3v) is 16.3. The van der Waals surface area contributed by atoms with Crippen LogP contribution in [0.1, 0.15) is 98.9 Å². The molecule has 3 atom stereocenters. The smallest absolute Gasteiger partial charge is 0.254 e. The van der Waals surface area contributed by atoms with Crippen LogP contribution in [0.4, 0.5) is 15.9 Å². The number of aliphatic hydroxyl groups is 1. The topological polar surface area (TPSA) is 255 Å². The first-order valence-corrected chi connectivity index (χ1v) is 27.9. The number of halogens is 1. The van der Waals surface area contributed by atoms with Crippen LogP contribution in [0.25, 0.3) is 27.3 Å². The standard InChI is InChI=1S/C56H67FN14O7S/c1-33-49(79-32-60-33)36-7-5-34(6-8-36)25-59-53(76)44-24-40(72)29-71(44)55(78)50(56(2,3)4)66-47(74)14-13-46(73)63-39-15-17-68(18-16-39)48(75)31-67-19-21-69(22-20-67)54(77)37-11-12-42(41(57)23-37)64-51-52-58-28-45(38-26-61-62-27-38)70(52)30-43(65-51)35-9-10-35/h5-8,11-12,23,26-28,30,32,35,39-40,44,50,72H,9-10,13-22,24-25,29,31H2,1-4H3,(H,59,76)(H,61,62)(H,63,73)(H,64,65)(H,66,74)/t40-,44+,50-/m1/s1. The molecule has 4 aliphatic rings. The second-order valence-electron chi connectivity index (χ2n) is 22.2. The number of anilines is 2. The summed E-state index contributed by atoms with van der Waals surface area (Å²) in [6.07, 6.45) is 9.19. The lowest BCUT2D eigenvalue weighted by Crippen LogP contribution is -2.57. The van der Waals surface area contributed by atoms with Gasteiger partial charge < -0.3 is 41.1 Å². The molecule has 1 saturated carbocycles. The predicted octanol–water partition coefficient (Wildman–Crippen LogP) is 4.77. The molecular formula is C56H67FN14O7S. The minimum atomic E-state index is -1.03. The highest BCUT2D eigenvalue weighted by Crippen LogP contribution is 2.41. The van der Waals surface area contributed by atoms with Gasteiger partial charge in [-0.15, -0.1) is 11.3 Å². The molecule has 10 rings (SSSR count). The van der Waals surface area contributed by atoms with E-state index in [0.29, 0.717) is 69.5 Å². The summed E-state index contributed by atoms with van der Waals surface area (Å²) in [4.78, 5) is 103. The van der Waals surface area contributed by atoms with Crippen LogP contribution in [0.2, 0.25) is 0 Å². The van der Waals surface area contributed by atoms with Crippen LogP contribution in [-0.4, -0.2) is 166 Å². The van der Waals surface area contributed by atoms with Crippen molar-refractivity contribution in [2.24, 2.45) is 5.41 Å². The minimum absolute atomic E-state index is 0.0450. The van der Waals surface area contributed by atoms with Gasteiger partial charge in [0.05, 0.1) is 58.2 Å². The number of H-pyrrole nitrogens is 1. The molecule has 0 unspecified atom stereocenters. The summed E-state index contributed by atoms with van der Waals surface area (Å²) < 4.78 is 17.7. The van der Waals surface area contributed by atoms with Crippen molar-refractivity contribution in [3.63, 3.8) is 0 Å². The van der Waals surface area contributed by atoms with Gasteiger partial charge in [-0.25, -0.2) is 19.3 Å². The molecule has 6 amide bonds. The Bertz CT molecular complexity index is 3210. The first-order valence-electron chi connectivity index (χ1n) is 27.0. The number of aromatic nitrogens is 6. The third-order valence-electron chi connectivity index (χ3n) is 15.3. The SMILES string of the molecule is Cc1ncsc1-c1ccc(CNC(=O)[C@@H]2C[C@@H](O)CN2C(=O)[C@@H](NC(=O)CCC(=O)NC2CCN(C(=O)CN3CCN(C(=O)c4ccc(Nc5nc(C6CC6)cn6c(-c7cn[nH]c7)cnc56)c(F)c4)CC3)CC2)C(C)(C)C)cc1. The van der Waals surface area contributed by atoms with Crippen LogP contribution in [-0.2, 0) is 30.5 Å². The second-order valence-corrected chi connectivity index (χ2v) is 23.0. The molecule has 1 aliphatic carbocycles. The van der Waals surface area contributed by atoms with Gasteiger partial charge in [-0.2, -0.15) is 5.10 Å². The first-order chi connectivity index (χ1) is 37.9. The van der Waals surface area contributed by atoms with Crippen LogP contribution < -0.4 is 21.3 Å². The normalized spacial score (nSPS) is 18.6. The number of aliphatic hydroxyl groups excluding tert-OH is 1. The molecule has 0 bridgehead atoms. The van der Waals surface area contributed by atoms with Crippen LogP contribution in [0, 0.1) is 18.2 Å². The summed E-state index contributed by atoms with van der Waals surface area (Å²) in [7, 11) is 0. The number of likely N-dealkylation sites (tertiary alicyclic amines) is 2. The van der Waals surface area contributed by atoms with Crippen molar-refractivity contribution in [2.75, 3.05) is 57.7 Å². The van der Waals surface area contributed by atoms with Gasteiger partial charge in [-0.3, -0.25) is 43.2 Å². The van der Waals surface area contributed by atoms with Crippen LogP contribution in [0.15, 0.2) is 72.8 Å². The van der Waals surface area contributed by atoms with Gasteiger partial charge in [0.2, 0.25) is 29.5 Å². The van der Waals surface area contributed by atoms with Gasteiger partial charge in [-0.1, -0.05) is 45.0 Å². The van der Waals surface area contributed by atoms with Gasteiger partial charge in [0, 0.05) is 107 Å². The number of nitrogens with one attached hydrogen (secondary N) is 5. The van der Waals surface area contributed by atoms with E-state index in [4.69, 9.17) is 4.98 Å². The molecule has 79 heavy (non-hydrogen) atoms. The van der Waals surface area contributed by atoms with Crippen molar-refractivity contribution in [3.05, 3.63) is 101 Å². The number of amides is 6. The van der Waals surface area contributed by atoms with E-state index in [-0.39, 0.29) is 73.9 Å². The highest BCUT2D eigenvalue weighted by Gasteiger charge is 2.44. The van der Waals surface area contributed by atoms with Gasteiger partial charge in [0.15, 0.2) is 11.5 Å². The zero-order valence-corrected chi connectivity index (χ0v) is 45.7. The second kappa shape index (κ2) is 23.4. The fourth-order valence-electron chi connectivity index (χ4n) is 10.5. The number of piperazine rings is 1. The summed E-state index contributed by atoms with van der Waals surface area (Å²) in [5.41, 5.74) is 7.37. The van der Waals surface area contributed by atoms with E-state index in [9.17, 15) is 33.9 Å². The average Bonchev–Trinajstić information content (AvgIpc) is 4.05.